The van der Waals surface area contributed by atoms with Crippen molar-refractivity contribution in [2.45, 2.75) is 6.54 Å². The van der Waals surface area contributed by atoms with Gasteiger partial charge in [-0.2, -0.15) is 0 Å². The Bertz CT molecular complexity index is 1290. The van der Waals surface area contributed by atoms with Gasteiger partial charge in [0.05, 0.1) is 25.3 Å². The van der Waals surface area contributed by atoms with Crippen molar-refractivity contribution < 1.29 is 23.5 Å². The van der Waals surface area contributed by atoms with Crippen LogP contribution in [0.25, 0.3) is 11.0 Å². The number of amides is 1. The molecular formula is C24H20FN3O4. The molecule has 4 aromatic rings. The smallest absolute Gasteiger partial charge is 0.244 e. The van der Waals surface area contributed by atoms with Crippen LogP contribution in [0.1, 0.15) is 16.2 Å². The third-order valence-corrected chi connectivity index (χ3v) is 4.88. The Morgan fingerprint density at radius 1 is 0.969 bits per heavy atom. The van der Waals surface area contributed by atoms with Gasteiger partial charge in [0.2, 0.25) is 11.7 Å². The van der Waals surface area contributed by atoms with Crippen molar-refractivity contribution in [3.05, 3.63) is 83.9 Å². The summed E-state index contributed by atoms with van der Waals surface area (Å²) in [5.74, 6) is -0.281. The van der Waals surface area contributed by atoms with E-state index in [9.17, 15) is 14.0 Å². The van der Waals surface area contributed by atoms with Crippen molar-refractivity contribution >= 4 is 28.4 Å². The molecule has 0 bridgehead atoms. The standard InChI is InChI=1S/C24H20FN3O4/c1-31-18-11-17(12-19(13-18)32-2)26-22(29)14-28-21-9-4-3-8-20(21)27-24(28)23(30)15-6-5-7-16(25)10-15/h3-13H,14H2,1-2H3,(H,26,29). The lowest BCUT2D eigenvalue weighted by Gasteiger charge is -2.12. The van der Waals surface area contributed by atoms with E-state index in [2.05, 4.69) is 10.3 Å². The summed E-state index contributed by atoms with van der Waals surface area (Å²) in [7, 11) is 3.03. The fraction of sp³-hybridized carbons (Fsp3) is 0.125. The van der Waals surface area contributed by atoms with Crippen LogP contribution in [-0.2, 0) is 11.3 Å². The molecule has 0 spiro atoms. The summed E-state index contributed by atoms with van der Waals surface area (Å²) < 4.78 is 25.6. The number of halogens is 1. The molecule has 0 atom stereocenters. The molecule has 0 aliphatic rings. The molecule has 1 heterocycles. The van der Waals surface area contributed by atoms with Gasteiger partial charge in [-0.3, -0.25) is 9.59 Å². The first-order chi connectivity index (χ1) is 15.5. The molecule has 162 valence electrons. The first-order valence-corrected chi connectivity index (χ1v) is 9.77. The van der Waals surface area contributed by atoms with E-state index in [4.69, 9.17) is 9.47 Å². The maximum atomic E-state index is 13.7. The van der Waals surface area contributed by atoms with Gasteiger partial charge in [-0.1, -0.05) is 24.3 Å². The van der Waals surface area contributed by atoms with E-state index >= 15 is 0 Å². The number of aromatic nitrogens is 2. The van der Waals surface area contributed by atoms with Gasteiger partial charge in [0, 0.05) is 29.4 Å². The van der Waals surface area contributed by atoms with E-state index < -0.39 is 11.6 Å². The molecule has 1 N–H and O–H groups in total. The lowest BCUT2D eigenvalue weighted by Crippen LogP contribution is -2.22. The number of hydrogen-bond acceptors (Lipinski definition) is 5. The average molecular weight is 433 g/mol. The van der Waals surface area contributed by atoms with Crippen molar-refractivity contribution in [1.82, 2.24) is 9.55 Å². The minimum absolute atomic E-state index is 0.0511. The summed E-state index contributed by atoms with van der Waals surface area (Å²) in [6.45, 7) is -0.170. The summed E-state index contributed by atoms with van der Waals surface area (Å²) in [5.41, 5.74) is 1.81. The maximum absolute atomic E-state index is 13.7. The molecule has 0 saturated carbocycles. The Hall–Kier alpha value is -4.20. The number of nitrogens with one attached hydrogen (secondary N) is 1. The van der Waals surface area contributed by atoms with Crippen LogP contribution in [0.2, 0.25) is 0 Å². The van der Waals surface area contributed by atoms with Gasteiger partial charge in [0.25, 0.3) is 0 Å². The fourth-order valence-corrected chi connectivity index (χ4v) is 3.39. The number of ether oxygens (including phenoxy) is 2. The van der Waals surface area contributed by atoms with Gasteiger partial charge in [0.1, 0.15) is 23.9 Å². The van der Waals surface area contributed by atoms with Crippen LogP contribution in [-0.4, -0.2) is 35.5 Å². The second-order valence-corrected chi connectivity index (χ2v) is 7.00. The van der Waals surface area contributed by atoms with E-state index in [1.165, 1.54) is 37.0 Å². The molecule has 7 nitrogen and oxygen atoms in total. The van der Waals surface area contributed by atoms with Gasteiger partial charge >= 0.3 is 0 Å². The SMILES string of the molecule is COc1cc(NC(=O)Cn2c(C(=O)c3cccc(F)c3)nc3ccccc32)cc(OC)c1. The highest BCUT2D eigenvalue weighted by Gasteiger charge is 2.21. The number of para-hydroxylation sites is 2. The molecule has 0 unspecified atom stereocenters. The normalized spacial score (nSPS) is 10.7. The highest BCUT2D eigenvalue weighted by molar-refractivity contribution is 6.08. The number of benzene rings is 3. The molecule has 1 aromatic heterocycles. The van der Waals surface area contributed by atoms with Crippen LogP contribution < -0.4 is 14.8 Å². The summed E-state index contributed by atoms with van der Waals surface area (Å²) in [6.07, 6.45) is 0. The molecule has 0 fully saturated rings. The van der Waals surface area contributed by atoms with Crippen LogP contribution in [0.4, 0.5) is 10.1 Å². The van der Waals surface area contributed by atoms with E-state index in [1.54, 1.807) is 42.5 Å². The van der Waals surface area contributed by atoms with Crippen LogP contribution >= 0.6 is 0 Å². The van der Waals surface area contributed by atoms with Crippen molar-refractivity contribution in [2.75, 3.05) is 19.5 Å². The minimum Gasteiger partial charge on any atom is -0.497 e. The summed E-state index contributed by atoms with van der Waals surface area (Å²) in [5, 5.41) is 2.79. The summed E-state index contributed by atoms with van der Waals surface area (Å²) >= 11 is 0. The van der Waals surface area contributed by atoms with Crippen LogP contribution in [0.3, 0.4) is 0 Å². The van der Waals surface area contributed by atoms with Crippen LogP contribution in [0.5, 0.6) is 11.5 Å². The van der Waals surface area contributed by atoms with E-state index in [1.807, 2.05) is 0 Å². The molecule has 0 saturated heterocycles. The lowest BCUT2D eigenvalue weighted by molar-refractivity contribution is -0.116. The molecule has 0 radical (unpaired) electrons. The molecule has 8 heteroatoms. The number of ketones is 1. The second-order valence-electron chi connectivity index (χ2n) is 7.00. The van der Waals surface area contributed by atoms with Crippen molar-refractivity contribution in [3.63, 3.8) is 0 Å². The zero-order valence-corrected chi connectivity index (χ0v) is 17.5. The first kappa shape index (κ1) is 21.0. The fourth-order valence-electron chi connectivity index (χ4n) is 3.39. The van der Waals surface area contributed by atoms with Gasteiger partial charge in [-0.25, -0.2) is 9.37 Å². The third kappa shape index (κ3) is 4.29. The predicted octanol–water partition coefficient (Wildman–Crippen LogP) is 4.06. The first-order valence-electron chi connectivity index (χ1n) is 9.77. The van der Waals surface area contributed by atoms with Gasteiger partial charge in [-0.05, 0) is 24.3 Å². The second kappa shape index (κ2) is 8.89. The highest BCUT2D eigenvalue weighted by Crippen LogP contribution is 2.26. The molecule has 4 rings (SSSR count). The van der Waals surface area contributed by atoms with E-state index in [-0.39, 0.29) is 23.8 Å². The topological polar surface area (TPSA) is 82.5 Å². The molecular weight excluding hydrogens is 413 g/mol. The summed E-state index contributed by atoms with van der Waals surface area (Å²) in [6, 6.07) is 17.5. The quantitative estimate of drug-likeness (QED) is 0.445. The zero-order chi connectivity index (χ0) is 22.7. The van der Waals surface area contributed by atoms with Crippen LogP contribution in [0.15, 0.2) is 66.7 Å². The number of fused-ring (bicyclic) bond motifs is 1. The molecule has 0 aliphatic heterocycles. The number of carbonyl (C=O) groups excluding carboxylic acids is 2. The minimum atomic E-state index is -0.525. The zero-order valence-electron chi connectivity index (χ0n) is 17.5. The maximum Gasteiger partial charge on any atom is 0.244 e. The predicted molar refractivity (Wildman–Crippen MR) is 118 cm³/mol. The molecule has 0 aliphatic carbocycles. The largest absolute Gasteiger partial charge is 0.497 e. The number of imidazole rings is 1. The Morgan fingerprint density at radius 3 is 2.38 bits per heavy atom. The number of hydrogen-bond donors (Lipinski definition) is 1. The Balaban J connectivity index is 1.67. The number of nitrogens with zero attached hydrogens (tertiary/aromatic N) is 2. The molecule has 3 aromatic carbocycles. The average Bonchev–Trinajstić information content (AvgIpc) is 3.16. The van der Waals surface area contributed by atoms with Crippen molar-refractivity contribution in [1.29, 1.82) is 0 Å². The number of rotatable bonds is 7. The lowest BCUT2D eigenvalue weighted by atomic mass is 10.1. The summed E-state index contributed by atoms with van der Waals surface area (Å²) in [4.78, 5) is 30.4. The van der Waals surface area contributed by atoms with Crippen LogP contribution in [0, 0.1) is 5.82 Å². The van der Waals surface area contributed by atoms with Crippen molar-refractivity contribution in [2.24, 2.45) is 0 Å². The number of carbonyl (C=O) groups is 2. The Kier molecular flexibility index (Phi) is 5.85. The highest BCUT2D eigenvalue weighted by atomic mass is 19.1. The number of methoxy groups -OCH3 is 2. The Morgan fingerprint density at radius 2 is 1.69 bits per heavy atom. The molecule has 32 heavy (non-hydrogen) atoms. The number of anilines is 1. The van der Waals surface area contributed by atoms with E-state index in [0.717, 1.165) is 6.07 Å². The Labute approximate surface area is 183 Å². The van der Waals surface area contributed by atoms with Gasteiger partial charge < -0.3 is 19.4 Å². The third-order valence-electron chi connectivity index (χ3n) is 4.88. The van der Waals surface area contributed by atoms with Crippen molar-refractivity contribution in [3.8, 4) is 11.5 Å². The molecule has 1 amide bonds. The van der Waals surface area contributed by atoms with Gasteiger partial charge in [-0.15, -0.1) is 0 Å². The van der Waals surface area contributed by atoms with Gasteiger partial charge in [0.15, 0.2) is 5.82 Å². The monoisotopic (exact) mass is 433 g/mol. The van der Waals surface area contributed by atoms with E-state index in [0.29, 0.717) is 28.2 Å².